The minimum absolute atomic E-state index is 0.0305. The Bertz CT molecular complexity index is 995. The lowest BCUT2D eigenvalue weighted by Crippen LogP contribution is -2.52. The number of nitrogens with one attached hydrogen (secondary N) is 1. The molecule has 1 aliphatic rings. The summed E-state index contributed by atoms with van der Waals surface area (Å²) in [5, 5.41) is 2.90. The highest BCUT2D eigenvalue weighted by molar-refractivity contribution is 5.90. The third kappa shape index (κ3) is 4.80. The molecule has 2 aromatic carbocycles. The molecule has 2 amide bonds. The van der Waals surface area contributed by atoms with Gasteiger partial charge in [0.1, 0.15) is 11.9 Å². The Hall–Kier alpha value is -2.87. The Balaban J connectivity index is 1.71. The van der Waals surface area contributed by atoms with Gasteiger partial charge in [0, 0.05) is 6.54 Å². The van der Waals surface area contributed by atoms with Crippen LogP contribution in [0.15, 0.2) is 36.4 Å². The number of nitrogens with zero attached hydrogens (tertiary/aromatic N) is 1. The van der Waals surface area contributed by atoms with Gasteiger partial charge in [0.2, 0.25) is 11.8 Å². The van der Waals surface area contributed by atoms with Gasteiger partial charge in [-0.1, -0.05) is 38.1 Å². The van der Waals surface area contributed by atoms with E-state index in [1.54, 1.807) is 24.0 Å². The van der Waals surface area contributed by atoms with Crippen LogP contribution in [0.4, 0.5) is 13.2 Å². The van der Waals surface area contributed by atoms with Gasteiger partial charge in [-0.2, -0.15) is 0 Å². The lowest BCUT2D eigenvalue weighted by atomic mass is 10.00. The molecule has 2 aromatic rings. The van der Waals surface area contributed by atoms with E-state index in [4.69, 9.17) is 5.73 Å². The fraction of sp³-hybridized carbons (Fsp3) is 0.417. The minimum atomic E-state index is -1.25. The molecule has 0 bridgehead atoms. The maximum absolute atomic E-state index is 14.0. The van der Waals surface area contributed by atoms with E-state index >= 15 is 0 Å². The van der Waals surface area contributed by atoms with Crippen LogP contribution in [-0.2, 0) is 9.59 Å². The van der Waals surface area contributed by atoms with Gasteiger partial charge < -0.3 is 16.0 Å². The van der Waals surface area contributed by atoms with Crippen molar-refractivity contribution in [1.82, 2.24) is 10.2 Å². The van der Waals surface area contributed by atoms with Gasteiger partial charge in [0.05, 0.1) is 17.6 Å². The average Bonchev–Trinajstić information content (AvgIpc) is 3.26. The Morgan fingerprint density at radius 1 is 1.03 bits per heavy atom. The molecule has 8 heteroatoms. The maximum atomic E-state index is 14.0. The first-order valence-electron chi connectivity index (χ1n) is 10.7. The van der Waals surface area contributed by atoms with Crippen molar-refractivity contribution in [3.05, 3.63) is 59.4 Å². The van der Waals surface area contributed by atoms with E-state index in [1.165, 1.54) is 12.1 Å². The fourth-order valence-electron chi connectivity index (χ4n) is 3.90. The molecule has 0 spiro atoms. The van der Waals surface area contributed by atoms with E-state index in [0.29, 0.717) is 18.5 Å². The first-order chi connectivity index (χ1) is 15.1. The number of carbonyl (C=O) groups excluding carboxylic acids is 2. The number of amides is 2. The molecular weight excluding hydrogens is 419 g/mol. The minimum Gasteiger partial charge on any atom is -0.348 e. The van der Waals surface area contributed by atoms with E-state index < -0.39 is 41.1 Å². The molecule has 0 radical (unpaired) electrons. The first kappa shape index (κ1) is 23.8. The van der Waals surface area contributed by atoms with Gasteiger partial charge in [0.25, 0.3) is 0 Å². The lowest BCUT2D eigenvalue weighted by molar-refractivity contribution is -0.140. The zero-order valence-corrected chi connectivity index (χ0v) is 18.4. The molecule has 0 saturated carbocycles. The van der Waals surface area contributed by atoms with Crippen molar-refractivity contribution in [2.45, 2.75) is 51.7 Å². The standard InChI is InChI=1S/C24H28F3N3O2/c1-13(2)22(28)24(32)30-12-4-5-19(30)23(31)29-14(3)15-6-8-16(9-7-15)20-17(25)10-11-18(26)21(20)27/h6-11,13-14,19,22H,4-5,12,28H2,1-3H3,(H,29,31). The van der Waals surface area contributed by atoms with Gasteiger partial charge in [-0.3, -0.25) is 9.59 Å². The summed E-state index contributed by atoms with van der Waals surface area (Å²) in [4.78, 5) is 27.1. The highest BCUT2D eigenvalue weighted by atomic mass is 19.2. The van der Waals surface area contributed by atoms with Crippen LogP contribution in [0, 0.1) is 23.4 Å². The first-order valence-corrected chi connectivity index (χ1v) is 10.7. The molecule has 3 unspecified atom stereocenters. The normalized spacial score (nSPS) is 18.0. The molecule has 1 saturated heterocycles. The van der Waals surface area contributed by atoms with Gasteiger partial charge >= 0.3 is 0 Å². The van der Waals surface area contributed by atoms with Gasteiger partial charge in [0.15, 0.2) is 11.6 Å². The highest BCUT2D eigenvalue weighted by Gasteiger charge is 2.37. The molecule has 3 rings (SSSR count). The van der Waals surface area contributed by atoms with Crippen molar-refractivity contribution in [1.29, 1.82) is 0 Å². The Morgan fingerprint density at radius 3 is 2.28 bits per heavy atom. The summed E-state index contributed by atoms with van der Waals surface area (Å²) < 4.78 is 41.6. The van der Waals surface area contributed by atoms with Crippen molar-refractivity contribution in [3.8, 4) is 11.1 Å². The van der Waals surface area contributed by atoms with Crippen LogP contribution in [0.3, 0.4) is 0 Å². The van der Waals surface area contributed by atoms with E-state index in [2.05, 4.69) is 5.32 Å². The number of carbonyl (C=O) groups is 2. The van der Waals surface area contributed by atoms with Crippen molar-refractivity contribution in [2.24, 2.45) is 11.7 Å². The van der Waals surface area contributed by atoms with Crippen molar-refractivity contribution in [2.75, 3.05) is 6.54 Å². The smallest absolute Gasteiger partial charge is 0.243 e. The van der Waals surface area contributed by atoms with Gasteiger partial charge in [-0.05, 0) is 48.9 Å². The molecule has 1 heterocycles. The fourth-order valence-corrected chi connectivity index (χ4v) is 3.90. The average molecular weight is 448 g/mol. The van der Waals surface area contributed by atoms with Crippen LogP contribution in [-0.4, -0.2) is 35.3 Å². The Labute approximate surface area is 185 Å². The van der Waals surface area contributed by atoms with Crippen LogP contribution < -0.4 is 11.1 Å². The molecule has 0 aliphatic carbocycles. The summed E-state index contributed by atoms with van der Waals surface area (Å²) in [6, 6.07) is 6.18. The topological polar surface area (TPSA) is 75.4 Å². The molecule has 172 valence electrons. The summed E-state index contributed by atoms with van der Waals surface area (Å²) in [6.45, 7) is 5.99. The van der Waals surface area contributed by atoms with Crippen LogP contribution in [0.5, 0.6) is 0 Å². The summed E-state index contributed by atoms with van der Waals surface area (Å²) >= 11 is 0. The Morgan fingerprint density at radius 2 is 1.66 bits per heavy atom. The molecule has 3 N–H and O–H groups in total. The van der Waals surface area contributed by atoms with Crippen molar-refractivity contribution >= 4 is 11.8 Å². The quantitative estimate of drug-likeness (QED) is 0.659. The number of hydrogen-bond acceptors (Lipinski definition) is 3. The van der Waals surface area contributed by atoms with E-state index in [1.807, 2.05) is 13.8 Å². The SMILES string of the molecule is CC(NC(=O)C1CCCN1C(=O)C(N)C(C)C)c1ccc(-c2c(F)ccc(F)c2F)cc1. The number of nitrogens with two attached hydrogens (primary N) is 1. The van der Waals surface area contributed by atoms with E-state index in [-0.39, 0.29) is 23.3 Å². The van der Waals surface area contributed by atoms with E-state index in [9.17, 15) is 22.8 Å². The molecule has 3 atom stereocenters. The molecule has 32 heavy (non-hydrogen) atoms. The predicted octanol–water partition coefficient (Wildman–Crippen LogP) is 3.92. The van der Waals surface area contributed by atoms with Crippen LogP contribution >= 0.6 is 0 Å². The predicted molar refractivity (Wildman–Crippen MR) is 116 cm³/mol. The summed E-state index contributed by atoms with van der Waals surface area (Å²) in [5.41, 5.74) is 6.45. The largest absolute Gasteiger partial charge is 0.348 e. The molecule has 1 aliphatic heterocycles. The number of benzene rings is 2. The maximum Gasteiger partial charge on any atom is 0.243 e. The van der Waals surface area contributed by atoms with E-state index in [0.717, 1.165) is 18.6 Å². The second-order valence-electron chi connectivity index (χ2n) is 8.53. The summed E-state index contributed by atoms with van der Waals surface area (Å²) in [7, 11) is 0. The van der Waals surface area contributed by atoms with Crippen LogP contribution in [0.2, 0.25) is 0 Å². The zero-order valence-electron chi connectivity index (χ0n) is 18.4. The van der Waals surface area contributed by atoms with Crippen LogP contribution in [0.1, 0.15) is 45.2 Å². The third-order valence-corrected chi connectivity index (χ3v) is 5.94. The number of rotatable bonds is 6. The highest BCUT2D eigenvalue weighted by Crippen LogP contribution is 2.29. The molecular formula is C24H28F3N3O2. The monoisotopic (exact) mass is 447 g/mol. The van der Waals surface area contributed by atoms with Crippen molar-refractivity contribution < 1.29 is 22.8 Å². The molecule has 5 nitrogen and oxygen atoms in total. The number of halogens is 3. The molecule has 0 aromatic heterocycles. The molecule has 1 fully saturated rings. The second kappa shape index (κ2) is 9.73. The third-order valence-electron chi connectivity index (χ3n) is 5.94. The second-order valence-corrected chi connectivity index (χ2v) is 8.53. The lowest BCUT2D eigenvalue weighted by Gasteiger charge is -2.29. The van der Waals surface area contributed by atoms with Crippen LogP contribution in [0.25, 0.3) is 11.1 Å². The zero-order chi connectivity index (χ0) is 23.6. The number of hydrogen-bond donors (Lipinski definition) is 2. The summed E-state index contributed by atoms with van der Waals surface area (Å²) in [6.07, 6.45) is 1.29. The Kier molecular flexibility index (Phi) is 7.23. The number of likely N-dealkylation sites (tertiary alicyclic amines) is 1. The van der Waals surface area contributed by atoms with Crippen molar-refractivity contribution in [3.63, 3.8) is 0 Å². The van der Waals surface area contributed by atoms with Gasteiger partial charge in [-0.15, -0.1) is 0 Å². The summed E-state index contributed by atoms with van der Waals surface area (Å²) in [5.74, 6) is -3.76. The van der Waals surface area contributed by atoms with Gasteiger partial charge in [-0.25, -0.2) is 13.2 Å².